The molecule has 540 valence electrons. The molecule has 0 radical (unpaired) electrons. The molecule has 7 aliphatic heterocycles. The van der Waals surface area contributed by atoms with Gasteiger partial charge in [-0.1, -0.05) is 101 Å². The van der Waals surface area contributed by atoms with Crippen LogP contribution in [0.3, 0.4) is 0 Å². The highest BCUT2D eigenvalue weighted by molar-refractivity contribution is 6.53. The smallest absolute Gasteiger partial charge is 0.340 e. The molecule has 0 aliphatic carbocycles. The molecule has 0 unspecified atom stereocenters. The molecule has 0 atom stereocenters. The molecule has 15 rings (SSSR count). The molecule has 8 aromatic rings. The topological polar surface area (TPSA) is 387 Å². The third-order valence-corrected chi connectivity index (χ3v) is 18.4. The first kappa shape index (κ1) is 75.3. The van der Waals surface area contributed by atoms with Crippen LogP contribution in [0.2, 0.25) is 10.0 Å². The summed E-state index contributed by atoms with van der Waals surface area (Å²) in [5, 5.41) is 43.7. The average molecular weight is 1470 g/mol. The summed E-state index contributed by atoms with van der Waals surface area (Å²) in [7, 11) is 0. The van der Waals surface area contributed by atoms with E-state index in [-0.39, 0.29) is 53.8 Å². The quantitative estimate of drug-likeness (QED) is 0.0166. The van der Waals surface area contributed by atoms with Crippen molar-refractivity contribution in [2.75, 3.05) is 85.9 Å². The molecule has 0 fully saturated rings. The van der Waals surface area contributed by atoms with Gasteiger partial charge in [-0.05, 0) is 120 Å². The number of pyridine rings is 1. The van der Waals surface area contributed by atoms with Gasteiger partial charge in [0.1, 0.15) is 18.4 Å². The number of ether oxygens (including phenoxy) is 1. The standard InChI is InChI=1S/C19H15ClN2O3.C12H13N3O3.2C12H10N2O3.C11H11ClO3.C10H12N2O/c20-12-4-1-10(2-5-12)9-14-18(23)15(19(24)25)13-6-3-11-7-8-21-16(11)17(13)22-14;1-8(16)15-6-5-9-3-2-4-10(12(9)15)14-11(17)7-13-18;2*1-6(15)14-5-4-7-2-3-8-9(10(7)14)13-12(17)11(8)16;1-8(13)15-7-11(14)6-9-2-4-10(12)5-3-9;1-7(13)12-6-5-8-3-2-4-9(11)10(8)12/h1-6,21,23H,7-9H2,(H,24,25);2-4,7,18H,5-6H2,1H3,(H,14,17);2*2-3H,4-5H2,1H3,(H,13,16,17);2-5H,6-7H2,1H3;2-4H,5-6,11H2,1H3/b;13-7+;;;;. The van der Waals surface area contributed by atoms with Crippen LogP contribution in [-0.2, 0) is 92.8 Å². The van der Waals surface area contributed by atoms with E-state index in [0.717, 1.165) is 102 Å². The van der Waals surface area contributed by atoms with Crippen LogP contribution in [0.5, 0.6) is 5.75 Å². The number of Topliss-reactive ketones (excluding diaryl/α,β-unsaturated/α-hetero) is 3. The number of nitrogens with zero attached hydrogens (tertiary/aromatic N) is 6. The summed E-state index contributed by atoms with van der Waals surface area (Å²) in [6, 6.07) is 35.9. The average Bonchev–Trinajstić information content (AvgIpc) is 1.71. The number of esters is 1. The van der Waals surface area contributed by atoms with Crippen molar-refractivity contribution >= 4 is 162 Å². The fourth-order valence-electron chi connectivity index (χ4n) is 13.1. The minimum atomic E-state index is -1.17. The lowest BCUT2D eigenvalue weighted by molar-refractivity contribution is -0.145. The number of halogens is 2. The second-order valence-corrected chi connectivity index (χ2v) is 25.7. The summed E-state index contributed by atoms with van der Waals surface area (Å²) >= 11 is 11.6. The number of para-hydroxylation sites is 2. The van der Waals surface area contributed by atoms with Gasteiger partial charge in [0.15, 0.2) is 11.5 Å². The van der Waals surface area contributed by atoms with E-state index < -0.39 is 41.2 Å². The van der Waals surface area contributed by atoms with Crippen molar-refractivity contribution in [1.82, 2.24) is 4.98 Å². The predicted octanol–water partition coefficient (Wildman–Crippen LogP) is 9.50. The van der Waals surface area contributed by atoms with Crippen LogP contribution < -0.4 is 46.6 Å². The van der Waals surface area contributed by atoms with Gasteiger partial charge < -0.3 is 66.8 Å². The lowest BCUT2D eigenvalue weighted by Crippen LogP contribution is -2.27. The first-order chi connectivity index (χ1) is 50.1. The van der Waals surface area contributed by atoms with Gasteiger partial charge in [-0.2, -0.15) is 0 Å². The Hall–Kier alpha value is -12.4. The molecule has 105 heavy (non-hydrogen) atoms. The minimum absolute atomic E-state index is 0.0636. The molecular formula is C76H71Cl2N11O16. The number of carboxylic acids is 1. The Morgan fingerprint density at radius 3 is 1.54 bits per heavy atom. The van der Waals surface area contributed by atoms with Gasteiger partial charge in [-0.15, -0.1) is 0 Å². The highest BCUT2D eigenvalue weighted by Gasteiger charge is 2.38. The van der Waals surface area contributed by atoms with Crippen molar-refractivity contribution in [3.8, 4) is 5.75 Å². The number of benzene rings is 7. The Morgan fingerprint density at radius 1 is 0.581 bits per heavy atom. The number of oxime groups is 1. The second-order valence-electron chi connectivity index (χ2n) is 24.8. The molecule has 0 bridgehead atoms. The van der Waals surface area contributed by atoms with Crippen molar-refractivity contribution in [3.05, 3.63) is 193 Å². The first-order valence-corrected chi connectivity index (χ1v) is 33.8. The van der Waals surface area contributed by atoms with Crippen LogP contribution in [0.15, 0.2) is 126 Å². The SMILES string of the molecule is CC(=O)N1CCc2ccc3c(c21)NC(=O)C3=O.CC(=O)N1CCc2ccc3c(c21)NC(=O)C3=O.CC(=O)N1CCc2cccc(N)c21.CC(=O)N1CCc2cccc(NC(=O)/C=N/O)c21.CC(=O)OCC(=O)Cc1ccc(Cl)cc1.O=C(O)c1c(O)c(Cc2ccc(Cl)cc2)nc2c3c(ccc12)CCN3. The molecule has 7 aromatic carbocycles. The molecule has 0 saturated heterocycles. The number of anilines is 9. The first-order valence-electron chi connectivity index (χ1n) is 33.1. The van der Waals surface area contributed by atoms with Gasteiger partial charge in [0.2, 0.25) is 23.6 Å². The van der Waals surface area contributed by atoms with Gasteiger partial charge in [0, 0.05) is 95.6 Å². The van der Waals surface area contributed by atoms with E-state index in [1.807, 2.05) is 60.7 Å². The third kappa shape index (κ3) is 16.9. The molecule has 9 N–H and O–H groups in total. The molecule has 8 heterocycles. The zero-order chi connectivity index (χ0) is 75.7. The number of hydrogen-bond acceptors (Lipinski definition) is 19. The number of carbonyl (C=O) groups is 12. The largest absolute Gasteiger partial charge is 0.505 e. The monoisotopic (exact) mass is 1460 g/mol. The van der Waals surface area contributed by atoms with Crippen molar-refractivity contribution < 1.29 is 77.7 Å². The third-order valence-electron chi connectivity index (χ3n) is 17.9. The zero-order valence-electron chi connectivity index (χ0n) is 57.5. The van der Waals surface area contributed by atoms with E-state index >= 15 is 0 Å². The van der Waals surface area contributed by atoms with E-state index in [9.17, 15) is 67.7 Å². The summed E-state index contributed by atoms with van der Waals surface area (Å²) in [5.41, 5.74) is 20.5. The van der Waals surface area contributed by atoms with E-state index in [2.05, 4.69) is 36.1 Å². The fourth-order valence-corrected chi connectivity index (χ4v) is 13.3. The predicted molar refractivity (Wildman–Crippen MR) is 396 cm³/mol. The second kappa shape index (κ2) is 32.7. The van der Waals surface area contributed by atoms with Crippen LogP contribution in [-0.4, -0.2) is 137 Å². The Morgan fingerprint density at radius 2 is 1.05 bits per heavy atom. The number of aromatic carboxylic acids is 1. The molecule has 7 aliphatic rings. The maximum absolute atomic E-state index is 11.8. The maximum Gasteiger partial charge on any atom is 0.340 e. The number of nitrogens with one attached hydrogen (secondary N) is 4. The maximum atomic E-state index is 11.8. The van der Waals surface area contributed by atoms with Crippen molar-refractivity contribution in [1.29, 1.82) is 0 Å². The minimum Gasteiger partial charge on any atom is -0.505 e. The van der Waals surface area contributed by atoms with Crippen molar-refractivity contribution in [3.63, 3.8) is 0 Å². The number of aromatic hydroxyl groups is 1. The summed E-state index contributed by atoms with van der Waals surface area (Å²) in [4.78, 5) is 148. The van der Waals surface area contributed by atoms with Crippen LogP contribution >= 0.6 is 23.2 Å². The summed E-state index contributed by atoms with van der Waals surface area (Å²) in [5.74, 6) is -5.02. The van der Waals surface area contributed by atoms with Crippen LogP contribution in [0.4, 0.5) is 51.2 Å². The summed E-state index contributed by atoms with van der Waals surface area (Å²) in [6.45, 7) is 10.5. The number of carbonyl (C=O) groups excluding carboxylic acids is 11. The van der Waals surface area contributed by atoms with Crippen LogP contribution in [0, 0.1) is 0 Å². The Bertz CT molecular complexity index is 4850. The van der Waals surface area contributed by atoms with Gasteiger partial charge in [0.25, 0.3) is 29.3 Å². The van der Waals surface area contributed by atoms with E-state index in [0.29, 0.717) is 97.9 Å². The summed E-state index contributed by atoms with van der Waals surface area (Å²) in [6.07, 6.45) is 5.42. The summed E-state index contributed by atoms with van der Waals surface area (Å²) < 4.78 is 4.59. The molecule has 0 spiro atoms. The number of rotatable bonds is 9. The highest BCUT2D eigenvalue weighted by Crippen LogP contribution is 2.44. The lowest BCUT2D eigenvalue weighted by Gasteiger charge is -2.18. The number of ketones is 3. The van der Waals surface area contributed by atoms with Crippen LogP contribution in [0.1, 0.15) is 110 Å². The number of nitrogens with two attached hydrogens (primary N) is 1. The van der Waals surface area contributed by atoms with Gasteiger partial charge in [-0.25, -0.2) is 9.78 Å². The Balaban J connectivity index is 0.000000137. The van der Waals surface area contributed by atoms with Crippen LogP contribution in [0.25, 0.3) is 10.9 Å². The van der Waals surface area contributed by atoms with E-state index in [1.54, 1.807) is 87.2 Å². The molecule has 7 amide bonds. The Kier molecular flexibility index (Phi) is 23.5. The number of amides is 7. The number of hydrogen-bond donors (Lipinski definition) is 8. The normalized spacial score (nSPS) is 14.0. The zero-order valence-corrected chi connectivity index (χ0v) is 59.0. The highest BCUT2D eigenvalue weighted by atomic mass is 35.5. The van der Waals surface area contributed by atoms with Crippen molar-refractivity contribution in [2.45, 2.75) is 79.6 Å². The fraction of sp³-hybridized carbons (Fsp3) is 0.237. The van der Waals surface area contributed by atoms with Gasteiger partial charge in [0.05, 0.1) is 73.5 Å². The number of nitrogen functional groups attached to an aromatic ring is 1. The van der Waals surface area contributed by atoms with E-state index in [4.69, 9.17) is 34.1 Å². The Labute approximate surface area is 610 Å². The molecule has 29 heteroatoms. The molecule has 27 nitrogen and oxygen atoms in total. The van der Waals surface area contributed by atoms with E-state index in [1.165, 1.54) is 33.3 Å². The lowest BCUT2D eigenvalue weighted by atomic mass is 10.00. The molecule has 1 aromatic heterocycles. The number of fused-ring (bicyclic) bond motifs is 11. The number of carboxylic acid groups (broad SMARTS) is 1. The van der Waals surface area contributed by atoms with Gasteiger partial charge in [-0.3, -0.25) is 52.7 Å². The molecular weight excluding hydrogens is 1390 g/mol. The molecule has 0 saturated carbocycles. The van der Waals surface area contributed by atoms with Gasteiger partial charge >= 0.3 is 11.9 Å². The number of aromatic nitrogens is 1. The van der Waals surface area contributed by atoms with Crippen molar-refractivity contribution in [2.24, 2.45) is 5.16 Å².